The predicted molar refractivity (Wildman–Crippen MR) is 106 cm³/mol. The highest BCUT2D eigenvalue weighted by atomic mass is 16.1. The van der Waals surface area contributed by atoms with Crippen LogP contribution in [0, 0.1) is 5.92 Å². The summed E-state index contributed by atoms with van der Waals surface area (Å²) in [7, 11) is 0. The molecular formula is C22H22N2O2. The highest BCUT2D eigenvalue weighted by Crippen LogP contribution is 2.20. The molecule has 1 N–H and O–H groups in total. The van der Waals surface area contributed by atoms with Crippen LogP contribution in [0.1, 0.15) is 34.8 Å². The maximum absolute atomic E-state index is 11.0. The van der Waals surface area contributed by atoms with E-state index in [4.69, 9.17) is 0 Å². The lowest BCUT2D eigenvalue weighted by Gasteiger charge is -2.10. The van der Waals surface area contributed by atoms with Gasteiger partial charge in [-0.3, -0.25) is 9.59 Å². The van der Waals surface area contributed by atoms with Crippen LogP contribution in [0.4, 0.5) is 0 Å². The largest absolute Gasteiger partial charge is 0.352 e. The molecule has 4 rings (SSSR count). The minimum Gasteiger partial charge on any atom is -0.352 e. The molecule has 0 fully saturated rings. The predicted octanol–water partition coefficient (Wildman–Crippen LogP) is 5.09. The van der Waals surface area contributed by atoms with Gasteiger partial charge in [0.05, 0.1) is 11.4 Å². The Morgan fingerprint density at radius 1 is 0.923 bits per heavy atom. The molecule has 0 spiro atoms. The number of nitrogens with one attached hydrogen (secondary N) is 1. The zero-order chi connectivity index (χ0) is 18.5. The van der Waals surface area contributed by atoms with Crippen molar-refractivity contribution in [2.75, 3.05) is 0 Å². The van der Waals surface area contributed by atoms with Gasteiger partial charge in [-0.1, -0.05) is 50.2 Å². The second-order valence-electron chi connectivity index (χ2n) is 6.68. The van der Waals surface area contributed by atoms with Crippen LogP contribution in [0.15, 0.2) is 60.7 Å². The van der Waals surface area contributed by atoms with Crippen molar-refractivity contribution in [2.24, 2.45) is 5.92 Å². The van der Waals surface area contributed by atoms with Crippen molar-refractivity contribution >= 4 is 34.4 Å². The van der Waals surface area contributed by atoms with Gasteiger partial charge < -0.3 is 9.55 Å². The molecule has 2 aromatic heterocycles. The summed E-state index contributed by atoms with van der Waals surface area (Å²) in [6.07, 6.45) is 1.75. The fourth-order valence-electron chi connectivity index (χ4n) is 3.06. The second-order valence-corrected chi connectivity index (χ2v) is 6.68. The Bertz CT molecular complexity index is 1010. The molecule has 132 valence electrons. The Kier molecular flexibility index (Phi) is 5.32. The van der Waals surface area contributed by atoms with Gasteiger partial charge in [0.2, 0.25) is 0 Å². The highest BCUT2D eigenvalue weighted by molar-refractivity contribution is 5.89. The van der Waals surface area contributed by atoms with Crippen LogP contribution in [0.25, 0.3) is 21.8 Å². The first-order valence-electron chi connectivity index (χ1n) is 8.68. The highest BCUT2D eigenvalue weighted by Gasteiger charge is 2.08. The van der Waals surface area contributed by atoms with Crippen molar-refractivity contribution in [3.05, 3.63) is 72.1 Å². The van der Waals surface area contributed by atoms with E-state index in [0.717, 1.165) is 46.6 Å². The van der Waals surface area contributed by atoms with Crippen molar-refractivity contribution in [2.45, 2.75) is 20.4 Å². The minimum absolute atomic E-state index is 0.541. The number of carbonyl (C=O) groups is 2. The normalized spacial score (nSPS) is 10.7. The zero-order valence-electron chi connectivity index (χ0n) is 15.0. The third kappa shape index (κ3) is 3.75. The lowest BCUT2D eigenvalue weighted by Crippen LogP contribution is -2.07. The number of aromatic amines is 1. The number of aromatic nitrogens is 2. The van der Waals surface area contributed by atoms with E-state index in [0.29, 0.717) is 11.6 Å². The zero-order valence-corrected chi connectivity index (χ0v) is 15.0. The number of nitrogens with zero attached hydrogens (tertiary/aromatic N) is 1. The van der Waals surface area contributed by atoms with E-state index in [1.165, 1.54) is 0 Å². The molecule has 0 saturated carbocycles. The van der Waals surface area contributed by atoms with Crippen molar-refractivity contribution < 1.29 is 9.59 Å². The lowest BCUT2D eigenvalue weighted by molar-refractivity contribution is 0.111. The van der Waals surface area contributed by atoms with Gasteiger partial charge in [-0.15, -0.1) is 0 Å². The molecule has 0 radical (unpaired) electrons. The van der Waals surface area contributed by atoms with Crippen LogP contribution >= 0.6 is 0 Å². The number of H-pyrrole nitrogens is 1. The minimum atomic E-state index is 0.541. The quantitative estimate of drug-likeness (QED) is 0.523. The third-order valence-corrected chi connectivity index (χ3v) is 4.19. The van der Waals surface area contributed by atoms with Crippen molar-refractivity contribution in [3.63, 3.8) is 0 Å². The summed E-state index contributed by atoms with van der Waals surface area (Å²) in [5, 5.41) is 2.22. The molecule has 0 amide bonds. The first-order valence-corrected chi connectivity index (χ1v) is 8.68. The number of aldehydes is 2. The third-order valence-electron chi connectivity index (χ3n) is 4.19. The fraction of sp³-hybridized carbons (Fsp3) is 0.182. The first-order chi connectivity index (χ1) is 12.6. The summed E-state index contributed by atoms with van der Waals surface area (Å²) in [5.74, 6) is 0.541. The smallest absolute Gasteiger partial charge is 0.166 e. The van der Waals surface area contributed by atoms with Gasteiger partial charge >= 0.3 is 0 Å². The molecule has 0 bridgehead atoms. The molecule has 2 heterocycles. The molecule has 0 unspecified atom stereocenters. The fourth-order valence-corrected chi connectivity index (χ4v) is 3.06. The molecule has 2 aromatic carbocycles. The van der Waals surface area contributed by atoms with Gasteiger partial charge in [-0.2, -0.15) is 0 Å². The maximum Gasteiger partial charge on any atom is 0.166 e. The van der Waals surface area contributed by atoms with Gasteiger partial charge in [0.1, 0.15) is 0 Å². The Morgan fingerprint density at radius 3 is 2.27 bits per heavy atom. The Morgan fingerprint density at radius 2 is 1.62 bits per heavy atom. The number of rotatable bonds is 4. The number of para-hydroxylation sites is 2. The van der Waals surface area contributed by atoms with Crippen LogP contribution in [0.2, 0.25) is 0 Å². The van der Waals surface area contributed by atoms with Gasteiger partial charge in [0.15, 0.2) is 12.6 Å². The maximum atomic E-state index is 11.0. The molecule has 0 aliphatic rings. The average Bonchev–Trinajstić information content (AvgIpc) is 3.23. The van der Waals surface area contributed by atoms with E-state index in [-0.39, 0.29) is 0 Å². The van der Waals surface area contributed by atoms with Crippen LogP contribution in [0.5, 0.6) is 0 Å². The molecule has 4 aromatic rings. The molecule has 4 nitrogen and oxygen atoms in total. The number of benzene rings is 2. The molecule has 4 heteroatoms. The van der Waals surface area contributed by atoms with Crippen LogP contribution in [0.3, 0.4) is 0 Å². The number of hydrogen-bond donors (Lipinski definition) is 1. The van der Waals surface area contributed by atoms with Crippen molar-refractivity contribution in [3.8, 4) is 0 Å². The number of hydrogen-bond acceptors (Lipinski definition) is 2. The van der Waals surface area contributed by atoms with E-state index in [1.54, 1.807) is 0 Å². The summed E-state index contributed by atoms with van der Waals surface area (Å²) >= 11 is 0. The van der Waals surface area contributed by atoms with Crippen LogP contribution in [-0.4, -0.2) is 22.1 Å². The Hall–Kier alpha value is -3.14. The average molecular weight is 346 g/mol. The Balaban J connectivity index is 0.000000158. The summed E-state index contributed by atoms with van der Waals surface area (Å²) in [5.41, 5.74) is 3.55. The second kappa shape index (κ2) is 7.83. The summed E-state index contributed by atoms with van der Waals surface area (Å²) in [6.45, 7) is 5.20. The Labute approximate surface area is 152 Å². The van der Waals surface area contributed by atoms with Gasteiger partial charge in [0.25, 0.3) is 0 Å². The summed E-state index contributed by atoms with van der Waals surface area (Å²) in [6, 6.07) is 19.7. The van der Waals surface area contributed by atoms with Crippen LogP contribution < -0.4 is 0 Å². The lowest BCUT2D eigenvalue weighted by atomic mass is 10.2. The molecule has 0 aliphatic carbocycles. The summed E-state index contributed by atoms with van der Waals surface area (Å²) < 4.78 is 2.09. The van der Waals surface area contributed by atoms with E-state index in [2.05, 4.69) is 29.5 Å². The standard InChI is InChI=1S/C13H15NO.C9H7NO/c1-10(2)8-14-12(9-15)7-11-5-3-4-6-13(11)14;11-6-8-5-7-3-1-2-4-9(7)10-8/h3-7,9-10H,8H2,1-2H3;1-6,10H. The van der Waals surface area contributed by atoms with E-state index in [1.807, 2.05) is 54.6 Å². The van der Waals surface area contributed by atoms with Gasteiger partial charge in [-0.05, 0) is 30.2 Å². The monoisotopic (exact) mass is 346 g/mol. The van der Waals surface area contributed by atoms with E-state index >= 15 is 0 Å². The van der Waals surface area contributed by atoms with E-state index < -0.39 is 0 Å². The number of fused-ring (bicyclic) bond motifs is 2. The molecule has 0 saturated heterocycles. The van der Waals surface area contributed by atoms with E-state index in [9.17, 15) is 9.59 Å². The SMILES string of the molecule is CC(C)Cn1c(C=O)cc2ccccc21.O=Cc1cc2ccccc2[nH]1. The molecule has 0 atom stereocenters. The first kappa shape index (κ1) is 17.7. The molecule has 26 heavy (non-hydrogen) atoms. The molecular weight excluding hydrogens is 324 g/mol. The topological polar surface area (TPSA) is 54.9 Å². The molecule has 0 aliphatic heterocycles. The van der Waals surface area contributed by atoms with Gasteiger partial charge in [-0.25, -0.2) is 0 Å². The van der Waals surface area contributed by atoms with Crippen molar-refractivity contribution in [1.29, 1.82) is 0 Å². The van der Waals surface area contributed by atoms with Gasteiger partial charge in [0, 0.05) is 28.4 Å². The van der Waals surface area contributed by atoms with Crippen LogP contribution in [-0.2, 0) is 6.54 Å². The number of carbonyl (C=O) groups excluding carboxylic acids is 2. The van der Waals surface area contributed by atoms with Crippen molar-refractivity contribution in [1.82, 2.24) is 9.55 Å². The summed E-state index contributed by atoms with van der Waals surface area (Å²) in [4.78, 5) is 24.3.